The highest BCUT2D eigenvalue weighted by Crippen LogP contribution is 2.13. The SMILES string of the molecule is O=C(NNC(=O)c1cccc([N+](=O)[O-])c1)C(=O)NNC(=O)c1cccc([N+](=O)[O-])c1. The van der Waals surface area contributed by atoms with E-state index in [1.165, 1.54) is 24.3 Å². The number of hydrogen-bond donors (Lipinski definition) is 4. The molecular weight excluding hydrogens is 404 g/mol. The molecule has 0 bridgehead atoms. The van der Waals surface area contributed by atoms with Gasteiger partial charge in [0.15, 0.2) is 0 Å². The lowest BCUT2D eigenvalue weighted by Crippen LogP contribution is -2.52. The van der Waals surface area contributed by atoms with Crippen molar-refractivity contribution < 1.29 is 29.0 Å². The smallest absolute Gasteiger partial charge is 0.267 e. The van der Waals surface area contributed by atoms with E-state index in [1.807, 2.05) is 10.9 Å². The molecule has 0 saturated carbocycles. The Bertz CT molecular complexity index is 970. The standard InChI is InChI=1S/C16H12N6O8/c23-13(9-3-1-5-11(7-9)21(27)28)17-19-15(25)16(26)20-18-14(24)10-4-2-6-12(8-10)22(29)30/h1-8H,(H,17,23)(H,18,24)(H,19,25)(H,20,26). The lowest BCUT2D eigenvalue weighted by Gasteiger charge is -2.09. The molecule has 4 amide bonds. The Hall–Kier alpha value is -4.88. The fraction of sp³-hybridized carbons (Fsp3) is 0. The van der Waals surface area contributed by atoms with Crippen LogP contribution in [0.1, 0.15) is 20.7 Å². The van der Waals surface area contributed by atoms with E-state index in [0.717, 1.165) is 24.3 Å². The van der Waals surface area contributed by atoms with Crippen LogP contribution in [0, 0.1) is 20.2 Å². The Morgan fingerprint density at radius 1 is 0.633 bits per heavy atom. The van der Waals surface area contributed by atoms with E-state index in [-0.39, 0.29) is 22.5 Å². The first-order chi connectivity index (χ1) is 14.2. The van der Waals surface area contributed by atoms with Crippen LogP contribution >= 0.6 is 0 Å². The minimum Gasteiger partial charge on any atom is -0.267 e. The summed E-state index contributed by atoms with van der Waals surface area (Å²) in [5.41, 5.74) is 6.26. The zero-order valence-corrected chi connectivity index (χ0v) is 14.8. The molecule has 4 N–H and O–H groups in total. The van der Waals surface area contributed by atoms with Crippen LogP contribution in [0.25, 0.3) is 0 Å². The Morgan fingerprint density at radius 2 is 1.00 bits per heavy atom. The quantitative estimate of drug-likeness (QED) is 0.296. The van der Waals surface area contributed by atoms with Gasteiger partial charge in [-0.2, -0.15) is 0 Å². The van der Waals surface area contributed by atoms with E-state index in [9.17, 15) is 39.4 Å². The molecule has 0 unspecified atom stereocenters. The first kappa shape index (κ1) is 21.4. The van der Waals surface area contributed by atoms with Gasteiger partial charge in [0.25, 0.3) is 23.2 Å². The third-order valence-electron chi connectivity index (χ3n) is 3.42. The Kier molecular flexibility index (Phi) is 6.68. The predicted molar refractivity (Wildman–Crippen MR) is 97.4 cm³/mol. The summed E-state index contributed by atoms with van der Waals surface area (Å²) in [6, 6.07) is 9.24. The third kappa shape index (κ3) is 5.56. The van der Waals surface area contributed by atoms with E-state index >= 15 is 0 Å². The number of nitrogens with one attached hydrogen (secondary N) is 4. The van der Waals surface area contributed by atoms with E-state index in [1.54, 1.807) is 10.9 Å². The molecule has 14 nitrogen and oxygen atoms in total. The molecule has 2 aromatic rings. The molecule has 0 saturated heterocycles. The van der Waals surface area contributed by atoms with Gasteiger partial charge in [-0.15, -0.1) is 0 Å². The van der Waals surface area contributed by atoms with Crippen molar-refractivity contribution in [3.8, 4) is 0 Å². The second kappa shape index (κ2) is 9.36. The van der Waals surface area contributed by atoms with Gasteiger partial charge in [0.05, 0.1) is 9.85 Å². The minimum absolute atomic E-state index is 0.149. The highest BCUT2D eigenvalue weighted by Gasteiger charge is 2.18. The molecule has 14 heteroatoms. The topological polar surface area (TPSA) is 203 Å². The van der Waals surface area contributed by atoms with Crippen LogP contribution in [0.2, 0.25) is 0 Å². The van der Waals surface area contributed by atoms with Crippen LogP contribution in [0.4, 0.5) is 11.4 Å². The number of nitro benzene ring substituents is 2. The van der Waals surface area contributed by atoms with Gasteiger partial charge < -0.3 is 0 Å². The normalized spacial score (nSPS) is 9.73. The van der Waals surface area contributed by atoms with E-state index < -0.39 is 33.5 Å². The number of nitrogens with zero attached hydrogens (tertiary/aromatic N) is 2. The second-order valence-corrected chi connectivity index (χ2v) is 5.43. The molecule has 2 rings (SSSR count). The van der Waals surface area contributed by atoms with E-state index in [4.69, 9.17) is 0 Å². The van der Waals surface area contributed by atoms with Crippen molar-refractivity contribution >= 4 is 35.0 Å². The maximum Gasteiger partial charge on any atom is 0.329 e. The summed E-state index contributed by atoms with van der Waals surface area (Å²) >= 11 is 0. The molecule has 0 spiro atoms. The highest BCUT2D eigenvalue weighted by atomic mass is 16.6. The lowest BCUT2D eigenvalue weighted by molar-refractivity contribution is -0.385. The van der Waals surface area contributed by atoms with Crippen LogP contribution in [0.3, 0.4) is 0 Å². The zero-order chi connectivity index (χ0) is 22.3. The van der Waals surface area contributed by atoms with Gasteiger partial charge in [-0.05, 0) is 12.1 Å². The summed E-state index contributed by atoms with van der Waals surface area (Å²) in [4.78, 5) is 67.0. The average molecular weight is 416 g/mol. The molecule has 0 aliphatic carbocycles. The molecule has 0 fully saturated rings. The number of benzene rings is 2. The molecule has 0 heterocycles. The second-order valence-electron chi connectivity index (χ2n) is 5.43. The van der Waals surface area contributed by atoms with E-state index in [2.05, 4.69) is 0 Å². The Morgan fingerprint density at radius 3 is 1.33 bits per heavy atom. The third-order valence-corrected chi connectivity index (χ3v) is 3.42. The molecular formula is C16H12N6O8. The molecule has 2 aromatic carbocycles. The number of carbonyl (C=O) groups excluding carboxylic acids is 4. The molecule has 0 radical (unpaired) electrons. The number of rotatable bonds is 4. The number of amides is 4. The summed E-state index contributed by atoms with van der Waals surface area (Å²) in [6.45, 7) is 0. The van der Waals surface area contributed by atoms with Crippen molar-refractivity contribution in [2.75, 3.05) is 0 Å². The van der Waals surface area contributed by atoms with Crippen molar-refractivity contribution in [3.63, 3.8) is 0 Å². The summed E-state index contributed by atoms with van der Waals surface area (Å²) in [7, 11) is 0. The molecule has 0 atom stereocenters. The zero-order valence-electron chi connectivity index (χ0n) is 14.8. The Labute approximate surface area is 166 Å². The lowest BCUT2D eigenvalue weighted by atomic mass is 10.2. The highest BCUT2D eigenvalue weighted by molar-refractivity contribution is 6.35. The van der Waals surface area contributed by atoms with Crippen LogP contribution in [-0.2, 0) is 9.59 Å². The number of hydrogen-bond acceptors (Lipinski definition) is 8. The molecule has 0 aliphatic rings. The van der Waals surface area contributed by atoms with Gasteiger partial charge >= 0.3 is 11.8 Å². The van der Waals surface area contributed by atoms with Crippen molar-refractivity contribution in [2.45, 2.75) is 0 Å². The molecule has 154 valence electrons. The number of hydrazine groups is 2. The van der Waals surface area contributed by atoms with Crippen molar-refractivity contribution in [1.29, 1.82) is 0 Å². The number of carbonyl (C=O) groups is 4. The van der Waals surface area contributed by atoms with Crippen LogP contribution in [0.15, 0.2) is 48.5 Å². The van der Waals surface area contributed by atoms with Gasteiger partial charge in [0.1, 0.15) is 0 Å². The van der Waals surface area contributed by atoms with Crippen LogP contribution in [0.5, 0.6) is 0 Å². The number of non-ortho nitro benzene ring substituents is 2. The van der Waals surface area contributed by atoms with Crippen molar-refractivity contribution in [2.24, 2.45) is 0 Å². The van der Waals surface area contributed by atoms with Crippen molar-refractivity contribution in [3.05, 3.63) is 79.9 Å². The minimum atomic E-state index is -1.37. The molecule has 30 heavy (non-hydrogen) atoms. The first-order valence-corrected chi connectivity index (χ1v) is 7.89. The van der Waals surface area contributed by atoms with Gasteiger partial charge in [0.2, 0.25) is 0 Å². The summed E-state index contributed by atoms with van der Waals surface area (Å²) in [5, 5.41) is 21.4. The van der Waals surface area contributed by atoms with Crippen LogP contribution < -0.4 is 21.7 Å². The van der Waals surface area contributed by atoms with Gasteiger partial charge in [-0.1, -0.05) is 12.1 Å². The van der Waals surface area contributed by atoms with Gasteiger partial charge in [0, 0.05) is 35.4 Å². The van der Waals surface area contributed by atoms with Gasteiger partial charge in [-0.3, -0.25) is 61.1 Å². The van der Waals surface area contributed by atoms with Gasteiger partial charge in [-0.25, -0.2) is 0 Å². The first-order valence-electron chi connectivity index (χ1n) is 7.89. The number of nitro groups is 2. The molecule has 0 aromatic heterocycles. The fourth-order valence-electron chi connectivity index (χ4n) is 2.01. The maximum absolute atomic E-state index is 11.9. The fourth-order valence-corrected chi connectivity index (χ4v) is 2.01. The van der Waals surface area contributed by atoms with Crippen LogP contribution in [-0.4, -0.2) is 33.5 Å². The summed E-state index contributed by atoms with van der Waals surface area (Å²) in [6.07, 6.45) is 0. The summed E-state index contributed by atoms with van der Waals surface area (Å²) < 4.78 is 0. The van der Waals surface area contributed by atoms with Crippen molar-refractivity contribution in [1.82, 2.24) is 21.7 Å². The van der Waals surface area contributed by atoms with E-state index in [0.29, 0.717) is 0 Å². The monoisotopic (exact) mass is 416 g/mol. The Balaban J connectivity index is 1.87. The molecule has 0 aliphatic heterocycles. The largest absolute Gasteiger partial charge is 0.329 e. The maximum atomic E-state index is 11.9. The predicted octanol–water partition coefficient (Wildman–Crippen LogP) is -0.275. The average Bonchev–Trinajstić information content (AvgIpc) is 2.75. The summed E-state index contributed by atoms with van der Waals surface area (Å²) in [5.74, 6) is -4.60.